The van der Waals surface area contributed by atoms with E-state index in [-0.39, 0.29) is 0 Å². The molecule has 1 fully saturated rings. The Labute approximate surface area is 96.8 Å². The highest BCUT2D eigenvalue weighted by molar-refractivity contribution is 9.10. The summed E-state index contributed by atoms with van der Waals surface area (Å²) < 4.78 is 7.00. The van der Waals surface area contributed by atoms with Gasteiger partial charge in [-0.05, 0) is 46.8 Å². The molecule has 0 aliphatic carbocycles. The highest BCUT2D eigenvalue weighted by atomic mass is 79.9. The number of halogens is 1. The summed E-state index contributed by atoms with van der Waals surface area (Å²) in [6, 6.07) is 2.07. The highest BCUT2D eigenvalue weighted by Crippen LogP contribution is 2.24. The van der Waals surface area contributed by atoms with Gasteiger partial charge in [0.2, 0.25) is 0 Å². The van der Waals surface area contributed by atoms with Crippen LogP contribution in [0.2, 0.25) is 0 Å². The SMILES string of the molecule is Brc1ccsc1CO[C@H]1CCCNC1. The van der Waals surface area contributed by atoms with Crippen molar-refractivity contribution in [3.05, 3.63) is 20.8 Å². The second kappa shape index (κ2) is 5.26. The van der Waals surface area contributed by atoms with Gasteiger partial charge < -0.3 is 10.1 Å². The molecule has 1 N–H and O–H groups in total. The van der Waals surface area contributed by atoms with E-state index in [1.54, 1.807) is 11.3 Å². The normalized spacial score (nSPS) is 22.5. The lowest BCUT2D eigenvalue weighted by Gasteiger charge is -2.22. The monoisotopic (exact) mass is 275 g/mol. The third-order valence-electron chi connectivity index (χ3n) is 2.39. The molecule has 2 rings (SSSR count). The standard InChI is InChI=1S/C10H14BrNOS/c11-9-3-5-14-10(9)7-13-8-2-1-4-12-6-8/h3,5,8,12H,1-2,4,6-7H2/t8-/m0/s1. The van der Waals surface area contributed by atoms with Crippen molar-refractivity contribution in [2.24, 2.45) is 0 Å². The summed E-state index contributed by atoms with van der Waals surface area (Å²) in [5, 5.41) is 5.43. The Balaban J connectivity index is 1.79. The van der Waals surface area contributed by atoms with Crippen LogP contribution in [0.4, 0.5) is 0 Å². The molecular formula is C10H14BrNOS. The maximum Gasteiger partial charge on any atom is 0.0825 e. The lowest BCUT2D eigenvalue weighted by atomic mass is 10.1. The van der Waals surface area contributed by atoms with Gasteiger partial charge in [0.15, 0.2) is 0 Å². The van der Waals surface area contributed by atoms with Crippen LogP contribution in [0.3, 0.4) is 0 Å². The summed E-state index contributed by atoms with van der Waals surface area (Å²) in [7, 11) is 0. The molecule has 0 bridgehead atoms. The van der Waals surface area contributed by atoms with Crippen molar-refractivity contribution in [2.45, 2.75) is 25.6 Å². The summed E-state index contributed by atoms with van der Waals surface area (Å²) in [6.07, 6.45) is 2.82. The largest absolute Gasteiger partial charge is 0.371 e. The van der Waals surface area contributed by atoms with Gasteiger partial charge in [-0.1, -0.05) is 0 Å². The summed E-state index contributed by atoms with van der Waals surface area (Å²) in [5.74, 6) is 0. The van der Waals surface area contributed by atoms with Crippen molar-refractivity contribution in [3.8, 4) is 0 Å². The van der Waals surface area contributed by atoms with Crippen molar-refractivity contribution in [1.82, 2.24) is 5.32 Å². The zero-order valence-corrected chi connectivity index (χ0v) is 10.4. The molecule has 14 heavy (non-hydrogen) atoms. The fourth-order valence-corrected chi connectivity index (χ4v) is 2.97. The number of thiophene rings is 1. The maximum atomic E-state index is 5.83. The molecule has 1 aromatic rings. The van der Waals surface area contributed by atoms with Gasteiger partial charge >= 0.3 is 0 Å². The average Bonchev–Trinajstić information content (AvgIpc) is 2.63. The number of hydrogen-bond donors (Lipinski definition) is 1. The Kier molecular flexibility index (Phi) is 3.99. The van der Waals surface area contributed by atoms with E-state index in [1.807, 2.05) is 0 Å². The van der Waals surface area contributed by atoms with Gasteiger partial charge in [-0.2, -0.15) is 0 Å². The quantitative estimate of drug-likeness (QED) is 0.916. The van der Waals surface area contributed by atoms with Crippen molar-refractivity contribution in [1.29, 1.82) is 0 Å². The fraction of sp³-hybridized carbons (Fsp3) is 0.600. The molecule has 1 saturated heterocycles. The van der Waals surface area contributed by atoms with E-state index in [0.717, 1.165) is 19.7 Å². The first-order valence-corrected chi connectivity index (χ1v) is 6.58. The van der Waals surface area contributed by atoms with Crippen molar-refractivity contribution < 1.29 is 4.74 Å². The maximum absolute atomic E-state index is 5.83. The first-order valence-electron chi connectivity index (χ1n) is 4.90. The third-order valence-corrected chi connectivity index (χ3v) is 4.29. The predicted octanol–water partition coefficient (Wildman–Crippen LogP) is 2.78. The van der Waals surface area contributed by atoms with E-state index in [2.05, 4.69) is 32.7 Å². The molecule has 1 atom stereocenters. The van der Waals surface area contributed by atoms with Crippen LogP contribution in [0.15, 0.2) is 15.9 Å². The topological polar surface area (TPSA) is 21.3 Å². The Morgan fingerprint density at radius 2 is 2.57 bits per heavy atom. The van der Waals surface area contributed by atoms with Gasteiger partial charge in [0.25, 0.3) is 0 Å². The Morgan fingerprint density at radius 1 is 1.64 bits per heavy atom. The number of ether oxygens (including phenoxy) is 1. The van der Waals surface area contributed by atoms with Crippen LogP contribution in [-0.2, 0) is 11.3 Å². The summed E-state index contributed by atoms with van der Waals surface area (Å²) in [5.41, 5.74) is 0. The molecule has 2 nitrogen and oxygen atoms in total. The third kappa shape index (κ3) is 2.79. The molecule has 0 amide bonds. The molecule has 2 heterocycles. The van der Waals surface area contributed by atoms with Crippen LogP contribution in [0, 0.1) is 0 Å². The van der Waals surface area contributed by atoms with Crippen LogP contribution in [0.5, 0.6) is 0 Å². The number of nitrogens with one attached hydrogen (secondary N) is 1. The molecule has 1 aliphatic rings. The Morgan fingerprint density at radius 3 is 3.21 bits per heavy atom. The molecule has 1 aromatic heterocycles. The number of hydrogen-bond acceptors (Lipinski definition) is 3. The Bertz CT molecular complexity index is 283. The minimum Gasteiger partial charge on any atom is -0.371 e. The average molecular weight is 276 g/mol. The molecule has 0 saturated carbocycles. The van der Waals surface area contributed by atoms with E-state index < -0.39 is 0 Å². The molecule has 1 aliphatic heterocycles. The minimum atomic E-state index is 0.401. The van der Waals surface area contributed by atoms with Crippen molar-refractivity contribution in [3.63, 3.8) is 0 Å². The first kappa shape index (κ1) is 10.6. The van der Waals surface area contributed by atoms with E-state index in [1.165, 1.54) is 22.2 Å². The first-order chi connectivity index (χ1) is 6.86. The van der Waals surface area contributed by atoms with Crippen LogP contribution in [0.1, 0.15) is 17.7 Å². The minimum absolute atomic E-state index is 0.401. The van der Waals surface area contributed by atoms with E-state index >= 15 is 0 Å². The van der Waals surface area contributed by atoms with E-state index in [0.29, 0.717) is 6.10 Å². The van der Waals surface area contributed by atoms with Gasteiger partial charge in [-0.15, -0.1) is 11.3 Å². The second-order valence-corrected chi connectivity index (χ2v) is 5.33. The van der Waals surface area contributed by atoms with E-state index in [4.69, 9.17) is 4.74 Å². The summed E-state index contributed by atoms with van der Waals surface area (Å²) in [4.78, 5) is 1.29. The molecular weight excluding hydrogens is 262 g/mol. The second-order valence-electron chi connectivity index (χ2n) is 3.47. The van der Waals surface area contributed by atoms with Gasteiger partial charge in [-0.3, -0.25) is 0 Å². The molecule has 0 radical (unpaired) electrons. The van der Waals surface area contributed by atoms with Gasteiger partial charge in [0.05, 0.1) is 12.7 Å². The summed E-state index contributed by atoms with van der Waals surface area (Å²) in [6.45, 7) is 2.89. The zero-order chi connectivity index (χ0) is 9.80. The van der Waals surface area contributed by atoms with Gasteiger partial charge in [-0.25, -0.2) is 0 Å². The van der Waals surface area contributed by atoms with Crippen LogP contribution in [-0.4, -0.2) is 19.2 Å². The van der Waals surface area contributed by atoms with Gasteiger partial charge in [0, 0.05) is 15.9 Å². The fourth-order valence-electron chi connectivity index (χ4n) is 1.58. The molecule has 78 valence electrons. The summed E-state index contributed by atoms with van der Waals surface area (Å²) >= 11 is 5.25. The van der Waals surface area contributed by atoms with Crippen molar-refractivity contribution in [2.75, 3.05) is 13.1 Å². The van der Waals surface area contributed by atoms with Crippen LogP contribution < -0.4 is 5.32 Å². The smallest absolute Gasteiger partial charge is 0.0825 e. The Hall–Kier alpha value is 0.1000. The molecule has 0 unspecified atom stereocenters. The lowest BCUT2D eigenvalue weighted by Crippen LogP contribution is -2.35. The van der Waals surface area contributed by atoms with Crippen LogP contribution >= 0.6 is 27.3 Å². The highest BCUT2D eigenvalue weighted by Gasteiger charge is 2.13. The zero-order valence-electron chi connectivity index (χ0n) is 7.96. The van der Waals surface area contributed by atoms with Crippen LogP contribution in [0.25, 0.3) is 0 Å². The molecule has 0 aromatic carbocycles. The number of piperidine rings is 1. The van der Waals surface area contributed by atoms with Crippen molar-refractivity contribution >= 4 is 27.3 Å². The molecule has 4 heteroatoms. The van der Waals surface area contributed by atoms with E-state index in [9.17, 15) is 0 Å². The lowest BCUT2D eigenvalue weighted by molar-refractivity contribution is 0.0264. The number of rotatable bonds is 3. The molecule has 0 spiro atoms. The van der Waals surface area contributed by atoms with Gasteiger partial charge in [0.1, 0.15) is 0 Å². The predicted molar refractivity (Wildman–Crippen MR) is 62.7 cm³/mol.